The molecule has 3 rings (SSSR count). The molecule has 2 aromatic carbocycles. The number of rotatable bonds is 5. The first-order valence-corrected chi connectivity index (χ1v) is 8.95. The number of carboxylic acid groups (broad SMARTS) is 1. The Hall–Kier alpha value is -3.96. The first-order chi connectivity index (χ1) is 14.3. The van der Waals surface area contributed by atoms with E-state index >= 15 is 0 Å². The van der Waals surface area contributed by atoms with Crippen molar-refractivity contribution < 1.29 is 19.1 Å². The van der Waals surface area contributed by atoms with Gasteiger partial charge in [-0.15, -0.1) is 0 Å². The highest BCUT2D eigenvalue weighted by Gasteiger charge is 2.17. The van der Waals surface area contributed by atoms with Gasteiger partial charge in [-0.25, -0.2) is 13.9 Å². The van der Waals surface area contributed by atoms with E-state index in [0.717, 1.165) is 0 Å². The first kappa shape index (κ1) is 20.8. The number of carboxylic acids is 1. The minimum atomic E-state index is -1.09. The summed E-state index contributed by atoms with van der Waals surface area (Å²) in [4.78, 5) is 23.4. The normalized spacial score (nSPS) is 11.1. The van der Waals surface area contributed by atoms with Gasteiger partial charge in [0.15, 0.2) is 0 Å². The van der Waals surface area contributed by atoms with Crippen LogP contribution in [0.2, 0.25) is 5.15 Å². The SMILES string of the molecule is Cc1nn(-c2ccc(F)cc2)c(Cl)c1/C=C(\C#N)C(=O)Nc1ccc(C(=O)O)cc1. The van der Waals surface area contributed by atoms with E-state index in [9.17, 15) is 19.2 Å². The first-order valence-electron chi connectivity index (χ1n) is 8.57. The van der Waals surface area contributed by atoms with E-state index in [0.29, 0.717) is 22.6 Å². The van der Waals surface area contributed by atoms with Crippen molar-refractivity contribution in [1.82, 2.24) is 9.78 Å². The van der Waals surface area contributed by atoms with Crippen LogP contribution in [-0.2, 0) is 4.79 Å². The van der Waals surface area contributed by atoms with Crippen LogP contribution in [0.1, 0.15) is 21.6 Å². The molecule has 150 valence electrons. The molecule has 1 heterocycles. The maximum Gasteiger partial charge on any atom is 0.335 e. The summed E-state index contributed by atoms with van der Waals surface area (Å²) in [5.74, 6) is -2.18. The number of aromatic carboxylic acids is 1. The van der Waals surface area contributed by atoms with Crippen molar-refractivity contribution >= 4 is 35.2 Å². The van der Waals surface area contributed by atoms with E-state index in [1.54, 1.807) is 6.92 Å². The van der Waals surface area contributed by atoms with Gasteiger partial charge in [0.2, 0.25) is 0 Å². The highest BCUT2D eigenvalue weighted by atomic mass is 35.5. The van der Waals surface area contributed by atoms with Crippen molar-refractivity contribution in [2.45, 2.75) is 6.92 Å². The average molecular weight is 425 g/mol. The number of nitriles is 1. The lowest BCUT2D eigenvalue weighted by Crippen LogP contribution is -2.13. The standard InChI is InChI=1S/C21H14ClFN4O3/c1-12-18(19(22)27(26-12)17-8-4-15(23)5-9-17)10-14(11-24)20(28)25-16-6-2-13(3-7-16)21(29)30/h2-10H,1H3,(H,25,28)(H,29,30)/b14-10+. The van der Waals surface area contributed by atoms with Crippen LogP contribution < -0.4 is 5.32 Å². The van der Waals surface area contributed by atoms with Crippen molar-refractivity contribution in [2.24, 2.45) is 0 Å². The van der Waals surface area contributed by atoms with Gasteiger partial charge in [0.1, 0.15) is 22.6 Å². The smallest absolute Gasteiger partial charge is 0.335 e. The van der Waals surface area contributed by atoms with E-state index in [4.69, 9.17) is 16.7 Å². The number of carbonyl (C=O) groups excluding carboxylic acids is 1. The zero-order chi connectivity index (χ0) is 21.8. The Morgan fingerprint density at radius 3 is 2.40 bits per heavy atom. The molecule has 1 aromatic heterocycles. The van der Waals surface area contributed by atoms with Gasteiger partial charge in [-0.3, -0.25) is 4.79 Å². The van der Waals surface area contributed by atoms with Gasteiger partial charge in [0, 0.05) is 11.3 Å². The maximum absolute atomic E-state index is 13.2. The zero-order valence-electron chi connectivity index (χ0n) is 15.6. The summed E-state index contributed by atoms with van der Waals surface area (Å²) in [5.41, 5.74) is 1.53. The second-order valence-corrected chi connectivity index (χ2v) is 6.54. The van der Waals surface area contributed by atoms with Gasteiger partial charge in [0.25, 0.3) is 5.91 Å². The number of aromatic nitrogens is 2. The molecule has 7 nitrogen and oxygen atoms in total. The number of nitrogens with zero attached hydrogens (tertiary/aromatic N) is 3. The van der Waals surface area contributed by atoms with Crippen LogP contribution in [0.3, 0.4) is 0 Å². The van der Waals surface area contributed by atoms with E-state index < -0.39 is 17.7 Å². The molecule has 0 unspecified atom stereocenters. The lowest BCUT2D eigenvalue weighted by Gasteiger charge is -2.05. The lowest BCUT2D eigenvalue weighted by molar-refractivity contribution is -0.112. The van der Waals surface area contributed by atoms with Crippen LogP contribution in [0.15, 0.2) is 54.1 Å². The summed E-state index contributed by atoms with van der Waals surface area (Å²) in [5, 5.41) is 25.3. The van der Waals surface area contributed by atoms with E-state index in [-0.39, 0.29) is 16.3 Å². The fraction of sp³-hybridized carbons (Fsp3) is 0.0476. The summed E-state index contributed by atoms with van der Waals surface area (Å²) in [6.45, 7) is 1.66. The molecule has 0 fully saturated rings. The van der Waals surface area contributed by atoms with Crippen LogP contribution >= 0.6 is 11.6 Å². The molecular weight excluding hydrogens is 411 g/mol. The molecular formula is C21H14ClFN4O3. The Balaban J connectivity index is 1.88. The molecule has 0 saturated heterocycles. The number of hydrogen-bond donors (Lipinski definition) is 2. The monoisotopic (exact) mass is 424 g/mol. The Bertz CT molecular complexity index is 1190. The minimum Gasteiger partial charge on any atom is -0.478 e. The fourth-order valence-electron chi connectivity index (χ4n) is 2.62. The molecule has 0 radical (unpaired) electrons. The van der Waals surface area contributed by atoms with Crippen molar-refractivity contribution in [3.8, 4) is 11.8 Å². The van der Waals surface area contributed by atoms with E-state index in [2.05, 4.69) is 10.4 Å². The van der Waals surface area contributed by atoms with Crippen molar-refractivity contribution in [3.63, 3.8) is 0 Å². The Morgan fingerprint density at radius 2 is 1.83 bits per heavy atom. The molecule has 30 heavy (non-hydrogen) atoms. The van der Waals surface area contributed by atoms with Gasteiger partial charge in [-0.1, -0.05) is 11.6 Å². The highest BCUT2D eigenvalue weighted by molar-refractivity contribution is 6.31. The summed E-state index contributed by atoms with van der Waals surface area (Å²) < 4.78 is 14.5. The number of halogens is 2. The van der Waals surface area contributed by atoms with Gasteiger partial charge < -0.3 is 10.4 Å². The summed E-state index contributed by atoms with van der Waals surface area (Å²) in [6, 6.07) is 12.9. The molecule has 1 amide bonds. The topological polar surface area (TPSA) is 108 Å². The van der Waals surface area contributed by atoms with Crippen LogP contribution in [0.25, 0.3) is 11.8 Å². The maximum atomic E-state index is 13.2. The third kappa shape index (κ3) is 4.37. The number of nitrogens with one attached hydrogen (secondary N) is 1. The highest BCUT2D eigenvalue weighted by Crippen LogP contribution is 2.26. The summed E-state index contributed by atoms with van der Waals surface area (Å²) >= 11 is 6.38. The predicted octanol–water partition coefficient (Wildman–Crippen LogP) is 4.22. The van der Waals surface area contributed by atoms with Gasteiger partial charge in [-0.2, -0.15) is 10.4 Å². The molecule has 2 N–H and O–H groups in total. The van der Waals surface area contributed by atoms with Crippen LogP contribution in [-0.4, -0.2) is 26.8 Å². The predicted molar refractivity (Wildman–Crippen MR) is 109 cm³/mol. The average Bonchev–Trinajstić information content (AvgIpc) is 3.00. The molecule has 0 atom stereocenters. The van der Waals surface area contributed by atoms with Crippen molar-refractivity contribution in [3.05, 3.63) is 81.9 Å². The Kier molecular flexibility index (Phi) is 5.95. The van der Waals surface area contributed by atoms with E-state index in [1.807, 2.05) is 6.07 Å². The molecule has 0 aliphatic rings. The van der Waals surface area contributed by atoms with Gasteiger partial charge >= 0.3 is 5.97 Å². The second kappa shape index (κ2) is 8.59. The third-order valence-corrected chi connectivity index (χ3v) is 4.53. The lowest BCUT2D eigenvalue weighted by atomic mass is 10.1. The summed E-state index contributed by atoms with van der Waals surface area (Å²) in [7, 11) is 0. The minimum absolute atomic E-state index is 0.0691. The van der Waals surface area contributed by atoms with E-state index in [1.165, 1.54) is 59.3 Å². The number of amides is 1. The second-order valence-electron chi connectivity index (χ2n) is 6.18. The molecule has 0 aliphatic carbocycles. The van der Waals surface area contributed by atoms with Crippen molar-refractivity contribution in [1.29, 1.82) is 5.26 Å². The van der Waals surface area contributed by atoms with Crippen molar-refractivity contribution in [2.75, 3.05) is 5.32 Å². The van der Waals surface area contributed by atoms with Gasteiger partial charge in [0.05, 0.1) is 16.9 Å². The van der Waals surface area contributed by atoms with Crippen LogP contribution in [0.5, 0.6) is 0 Å². The number of carbonyl (C=O) groups is 2. The number of aryl methyl sites for hydroxylation is 1. The van der Waals surface area contributed by atoms with Crippen LogP contribution in [0.4, 0.5) is 10.1 Å². The van der Waals surface area contributed by atoms with Crippen LogP contribution in [0, 0.1) is 24.1 Å². The fourth-order valence-corrected chi connectivity index (χ4v) is 2.94. The molecule has 3 aromatic rings. The summed E-state index contributed by atoms with van der Waals surface area (Å²) in [6.07, 6.45) is 1.31. The number of anilines is 1. The Labute approximate surface area is 175 Å². The third-order valence-electron chi connectivity index (χ3n) is 4.16. The molecule has 0 spiro atoms. The molecule has 0 aliphatic heterocycles. The zero-order valence-corrected chi connectivity index (χ0v) is 16.3. The number of hydrogen-bond acceptors (Lipinski definition) is 4. The quantitative estimate of drug-likeness (QED) is 0.471. The van der Waals surface area contributed by atoms with Gasteiger partial charge in [-0.05, 0) is 61.5 Å². The number of benzene rings is 2. The molecule has 0 bridgehead atoms. The molecule has 9 heteroatoms. The largest absolute Gasteiger partial charge is 0.478 e. The molecule has 0 saturated carbocycles. The Morgan fingerprint density at radius 1 is 1.20 bits per heavy atom.